The first-order valence-electron chi connectivity index (χ1n) is 8.10. The third-order valence-electron chi connectivity index (χ3n) is 4.29. The Morgan fingerprint density at radius 3 is 2.83 bits per heavy atom. The van der Waals surface area contributed by atoms with E-state index in [9.17, 15) is 9.59 Å². The van der Waals surface area contributed by atoms with Crippen molar-refractivity contribution in [2.75, 3.05) is 11.9 Å². The Labute approximate surface area is 141 Å². The minimum absolute atomic E-state index is 0.0551. The average Bonchev–Trinajstić information content (AvgIpc) is 3.02. The Hall–Kier alpha value is -2.76. The van der Waals surface area contributed by atoms with Gasteiger partial charge in [-0.15, -0.1) is 0 Å². The van der Waals surface area contributed by atoms with Gasteiger partial charge < -0.3 is 20.1 Å². The summed E-state index contributed by atoms with van der Waals surface area (Å²) < 4.78 is 2.19. The highest BCUT2D eigenvalue weighted by Gasteiger charge is 2.27. The molecule has 0 aliphatic carbocycles. The molecular formula is C18H22N4O2. The van der Waals surface area contributed by atoms with Crippen LogP contribution in [0.1, 0.15) is 31.1 Å². The number of hydrogen-bond donors (Lipinski definition) is 2. The summed E-state index contributed by atoms with van der Waals surface area (Å²) in [5, 5.41) is 5.71. The van der Waals surface area contributed by atoms with Gasteiger partial charge in [-0.05, 0) is 36.8 Å². The number of aromatic nitrogens is 1. The first kappa shape index (κ1) is 16.1. The van der Waals surface area contributed by atoms with Crippen LogP contribution in [0.25, 0.3) is 0 Å². The van der Waals surface area contributed by atoms with Gasteiger partial charge in [0.05, 0.1) is 6.04 Å². The lowest BCUT2D eigenvalue weighted by atomic mass is 10.1. The predicted octanol–water partition coefficient (Wildman–Crippen LogP) is 2.73. The lowest BCUT2D eigenvalue weighted by Crippen LogP contribution is -2.45. The zero-order valence-electron chi connectivity index (χ0n) is 14.0. The van der Waals surface area contributed by atoms with Crippen molar-refractivity contribution in [3.63, 3.8) is 0 Å². The van der Waals surface area contributed by atoms with Gasteiger partial charge in [-0.2, -0.15) is 0 Å². The summed E-state index contributed by atoms with van der Waals surface area (Å²) in [6.07, 6.45) is 2.05. The molecule has 1 aromatic heterocycles. The van der Waals surface area contributed by atoms with Gasteiger partial charge in [0.15, 0.2) is 0 Å². The molecule has 0 bridgehead atoms. The van der Waals surface area contributed by atoms with E-state index in [1.165, 1.54) is 6.92 Å². The van der Waals surface area contributed by atoms with E-state index in [0.717, 1.165) is 23.5 Å². The molecule has 126 valence electrons. The van der Waals surface area contributed by atoms with E-state index < -0.39 is 0 Å². The van der Waals surface area contributed by atoms with E-state index in [4.69, 9.17) is 0 Å². The van der Waals surface area contributed by atoms with Crippen LogP contribution >= 0.6 is 0 Å². The Morgan fingerprint density at radius 1 is 1.21 bits per heavy atom. The molecule has 1 aromatic carbocycles. The van der Waals surface area contributed by atoms with Crippen molar-refractivity contribution in [2.45, 2.75) is 33.0 Å². The molecule has 0 unspecified atom stereocenters. The van der Waals surface area contributed by atoms with Crippen LogP contribution in [-0.2, 0) is 17.9 Å². The standard InChI is InChI=1S/C18H22N4O2/c1-13-17-7-4-8-21(17)9-10-22(13)18(24)19-12-15-5-3-6-16(11-15)20-14(2)23/h3-8,11,13H,9-10,12H2,1-2H3,(H,19,24)(H,20,23)/t13-/m0/s1. The maximum atomic E-state index is 12.5. The smallest absolute Gasteiger partial charge is 0.318 e. The lowest BCUT2D eigenvalue weighted by molar-refractivity contribution is -0.114. The maximum Gasteiger partial charge on any atom is 0.318 e. The molecule has 3 amide bonds. The zero-order chi connectivity index (χ0) is 17.1. The fourth-order valence-electron chi connectivity index (χ4n) is 3.10. The molecule has 2 aromatic rings. The van der Waals surface area contributed by atoms with Gasteiger partial charge in [0.2, 0.25) is 5.91 Å². The summed E-state index contributed by atoms with van der Waals surface area (Å²) in [5.41, 5.74) is 2.84. The molecular weight excluding hydrogens is 304 g/mol. The number of fused-ring (bicyclic) bond motifs is 1. The third-order valence-corrected chi connectivity index (χ3v) is 4.29. The molecule has 6 heteroatoms. The molecule has 0 saturated heterocycles. The summed E-state index contributed by atoms with van der Waals surface area (Å²) in [7, 11) is 0. The Balaban J connectivity index is 1.61. The second-order valence-corrected chi connectivity index (χ2v) is 6.04. The van der Waals surface area contributed by atoms with Crippen LogP contribution in [0.2, 0.25) is 0 Å². The van der Waals surface area contributed by atoms with Gasteiger partial charge in [-0.25, -0.2) is 4.79 Å². The number of urea groups is 1. The third kappa shape index (κ3) is 3.42. The second-order valence-electron chi connectivity index (χ2n) is 6.04. The number of anilines is 1. The highest BCUT2D eigenvalue weighted by atomic mass is 16.2. The second kappa shape index (κ2) is 6.78. The van der Waals surface area contributed by atoms with Crippen molar-refractivity contribution in [1.29, 1.82) is 0 Å². The number of carbonyl (C=O) groups excluding carboxylic acids is 2. The van der Waals surface area contributed by atoms with Crippen LogP contribution < -0.4 is 10.6 Å². The molecule has 0 saturated carbocycles. The highest BCUT2D eigenvalue weighted by molar-refractivity contribution is 5.88. The molecule has 1 aliphatic heterocycles. The van der Waals surface area contributed by atoms with E-state index in [1.54, 1.807) is 0 Å². The van der Waals surface area contributed by atoms with Crippen LogP contribution in [0.3, 0.4) is 0 Å². The van der Waals surface area contributed by atoms with Gasteiger partial charge in [0.1, 0.15) is 0 Å². The van der Waals surface area contributed by atoms with Gasteiger partial charge in [0.25, 0.3) is 0 Å². The number of benzene rings is 1. The summed E-state index contributed by atoms with van der Waals surface area (Å²) in [5.74, 6) is -0.110. The first-order chi connectivity index (χ1) is 11.5. The van der Waals surface area contributed by atoms with Crippen molar-refractivity contribution >= 4 is 17.6 Å². The van der Waals surface area contributed by atoms with Crippen LogP contribution in [0.5, 0.6) is 0 Å². The Bertz CT molecular complexity index is 753. The van der Waals surface area contributed by atoms with Gasteiger partial charge in [-0.3, -0.25) is 4.79 Å². The molecule has 1 aliphatic rings. The van der Waals surface area contributed by atoms with E-state index in [-0.39, 0.29) is 18.0 Å². The summed E-state index contributed by atoms with van der Waals surface area (Å²) >= 11 is 0. The number of nitrogens with one attached hydrogen (secondary N) is 2. The number of hydrogen-bond acceptors (Lipinski definition) is 2. The zero-order valence-corrected chi connectivity index (χ0v) is 14.0. The topological polar surface area (TPSA) is 66.4 Å². The molecule has 2 heterocycles. The van der Waals surface area contributed by atoms with Gasteiger partial charge in [-0.1, -0.05) is 12.1 Å². The fraction of sp³-hybridized carbons (Fsp3) is 0.333. The van der Waals surface area contributed by atoms with Crippen molar-refractivity contribution in [2.24, 2.45) is 0 Å². The van der Waals surface area contributed by atoms with Gasteiger partial charge in [0, 0.05) is 44.1 Å². The van der Waals surface area contributed by atoms with E-state index >= 15 is 0 Å². The normalized spacial score (nSPS) is 16.4. The fourth-order valence-corrected chi connectivity index (χ4v) is 3.10. The van der Waals surface area contributed by atoms with Crippen molar-refractivity contribution in [1.82, 2.24) is 14.8 Å². The van der Waals surface area contributed by atoms with Crippen molar-refractivity contribution in [3.8, 4) is 0 Å². The van der Waals surface area contributed by atoms with E-state index in [2.05, 4.69) is 27.5 Å². The van der Waals surface area contributed by atoms with E-state index in [0.29, 0.717) is 13.1 Å². The average molecular weight is 326 g/mol. The molecule has 1 atom stereocenters. The minimum Gasteiger partial charge on any atom is -0.348 e. The quantitative estimate of drug-likeness (QED) is 0.911. The van der Waals surface area contributed by atoms with Crippen LogP contribution in [-0.4, -0.2) is 28.0 Å². The summed E-state index contributed by atoms with van der Waals surface area (Å²) in [6, 6.07) is 11.5. The maximum absolute atomic E-state index is 12.5. The molecule has 3 rings (SSSR count). The minimum atomic E-state index is -0.110. The van der Waals surface area contributed by atoms with Crippen molar-refractivity contribution in [3.05, 3.63) is 53.9 Å². The first-order valence-corrected chi connectivity index (χ1v) is 8.10. The predicted molar refractivity (Wildman–Crippen MR) is 92.5 cm³/mol. The number of amides is 3. The van der Waals surface area contributed by atoms with Crippen LogP contribution in [0.15, 0.2) is 42.6 Å². The van der Waals surface area contributed by atoms with E-state index in [1.807, 2.05) is 42.2 Å². The molecule has 0 radical (unpaired) electrons. The Morgan fingerprint density at radius 2 is 2.04 bits per heavy atom. The van der Waals surface area contributed by atoms with Crippen molar-refractivity contribution < 1.29 is 9.59 Å². The summed E-state index contributed by atoms with van der Waals surface area (Å²) in [6.45, 7) is 5.46. The molecule has 0 spiro atoms. The molecule has 6 nitrogen and oxygen atoms in total. The molecule has 24 heavy (non-hydrogen) atoms. The largest absolute Gasteiger partial charge is 0.348 e. The molecule has 2 N–H and O–H groups in total. The highest BCUT2D eigenvalue weighted by Crippen LogP contribution is 2.25. The van der Waals surface area contributed by atoms with Crippen LogP contribution in [0.4, 0.5) is 10.5 Å². The molecule has 0 fully saturated rings. The number of carbonyl (C=O) groups is 2. The number of nitrogens with zero attached hydrogens (tertiary/aromatic N) is 2. The Kier molecular flexibility index (Phi) is 4.55. The SMILES string of the molecule is CC(=O)Nc1cccc(CNC(=O)N2CCn3cccc3[C@@H]2C)c1. The van der Waals surface area contributed by atoms with Gasteiger partial charge >= 0.3 is 6.03 Å². The summed E-state index contributed by atoms with van der Waals surface area (Å²) in [4.78, 5) is 25.5. The monoisotopic (exact) mass is 326 g/mol. The number of rotatable bonds is 3. The lowest BCUT2D eigenvalue weighted by Gasteiger charge is -2.34. The van der Waals surface area contributed by atoms with Crippen LogP contribution in [0, 0.1) is 0 Å².